The highest BCUT2D eigenvalue weighted by Crippen LogP contribution is 2.28. The minimum atomic E-state index is -0.461. The molecule has 3 rings (SSSR count). The Kier molecular flexibility index (Phi) is 5.31. The summed E-state index contributed by atoms with van der Waals surface area (Å²) in [7, 11) is 0. The van der Waals surface area contributed by atoms with E-state index in [0.29, 0.717) is 6.42 Å². The lowest BCUT2D eigenvalue weighted by Gasteiger charge is -2.21. The normalized spacial score (nSPS) is 13.2. The molecule has 0 aliphatic carbocycles. The van der Waals surface area contributed by atoms with E-state index in [4.69, 9.17) is 10.5 Å². The fourth-order valence-electron chi connectivity index (χ4n) is 2.74. The molecule has 0 fully saturated rings. The number of anilines is 1. The van der Waals surface area contributed by atoms with Crippen LogP contribution in [-0.2, 0) is 0 Å². The summed E-state index contributed by atoms with van der Waals surface area (Å²) in [6.07, 6.45) is 3.30. The molecule has 3 N–H and O–H groups in total. The number of hydrogen-bond acceptors (Lipinski definition) is 4. The Morgan fingerprint density at radius 2 is 1.84 bits per heavy atom. The molecule has 0 spiro atoms. The molecule has 4 heteroatoms. The molecule has 128 valence electrons. The van der Waals surface area contributed by atoms with Crippen LogP contribution in [0.2, 0.25) is 0 Å². The van der Waals surface area contributed by atoms with Gasteiger partial charge in [-0.2, -0.15) is 0 Å². The number of nitrogens with zero attached hydrogens (tertiary/aromatic N) is 1. The predicted octanol–water partition coefficient (Wildman–Crippen LogP) is 4.22. The number of benzene rings is 2. The fraction of sp³-hybridized carbons (Fsp3) is 0.190. The van der Waals surface area contributed by atoms with Gasteiger partial charge in [-0.15, -0.1) is 0 Å². The second-order valence-electron chi connectivity index (χ2n) is 6.13. The van der Waals surface area contributed by atoms with Crippen molar-refractivity contribution in [3.05, 3.63) is 78.6 Å². The standard InChI is InChI=1S/C21H22N2O2/c1-15(24)12-21(18-5-3-11-23-14-18)25-20-9-7-16(8-10-20)17-4-2-6-19(22)13-17/h2-11,13-15,21,24H,12,22H2,1H3. The number of aliphatic hydroxyl groups is 1. The highest BCUT2D eigenvalue weighted by molar-refractivity contribution is 5.67. The third-order valence-electron chi connectivity index (χ3n) is 3.96. The molecule has 25 heavy (non-hydrogen) atoms. The lowest BCUT2D eigenvalue weighted by atomic mass is 10.0. The number of nitrogens with two attached hydrogens (primary N) is 1. The van der Waals surface area contributed by atoms with Crippen molar-refractivity contribution in [3.8, 4) is 16.9 Å². The summed E-state index contributed by atoms with van der Waals surface area (Å²) in [5, 5.41) is 9.77. The average molecular weight is 334 g/mol. The first-order chi connectivity index (χ1) is 12.1. The smallest absolute Gasteiger partial charge is 0.128 e. The zero-order valence-corrected chi connectivity index (χ0v) is 14.2. The topological polar surface area (TPSA) is 68.4 Å². The minimum Gasteiger partial charge on any atom is -0.486 e. The number of rotatable bonds is 6. The Balaban J connectivity index is 1.78. The van der Waals surface area contributed by atoms with Crippen molar-refractivity contribution in [1.29, 1.82) is 0 Å². The van der Waals surface area contributed by atoms with Crippen molar-refractivity contribution in [3.63, 3.8) is 0 Å². The maximum Gasteiger partial charge on any atom is 0.128 e. The van der Waals surface area contributed by atoms with Gasteiger partial charge >= 0.3 is 0 Å². The van der Waals surface area contributed by atoms with Crippen LogP contribution in [0.15, 0.2) is 73.1 Å². The van der Waals surface area contributed by atoms with Gasteiger partial charge in [-0.25, -0.2) is 0 Å². The van der Waals surface area contributed by atoms with E-state index in [0.717, 1.165) is 28.1 Å². The molecule has 2 aromatic carbocycles. The van der Waals surface area contributed by atoms with Gasteiger partial charge in [-0.05, 0) is 48.4 Å². The summed E-state index contributed by atoms with van der Waals surface area (Å²) in [6, 6.07) is 19.5. The van der Waals surface area contributed by atoms with Crippen molar-refractivity contribution < 1.29 is 9.84 Å². The van der Waals surface area contributed by atoms with Gasteiger partial charge in [0.25, 0.3) is 0 Å². The van der Waals surface area contributed by atoms with E-state index in [1.54, 1.807) is 19.3 Å². The molecule has 2 unspecified atom stereocenters. The molecule has 2 atom stereocenters. The molecule has 4 nitrogen and oxygen atoms in total. The second-order valence-corrected chi connectivity index (χ2v) is 6.13. The molecule has 1 aromatic heterocycles. The monoisotopic (exact) mass is 334 g/mol. The minimum absolute atomic E-state index is 0.244. The Morgan fingerprint density at radius 3 is 2.48 bits per heavy atom. The number of aromatic nitrogens is 1. The first kappa shape index (κ1) is 17.0. The molecular weight excluding hydrogens is 312 g/mol. The fourth-order valence-corrected chi connectivity index (χ4v) is 2.74. The van der Waals surface area contributed by atoms with Crippen LogP contribution < -0.4 is 10.5 Å². The summed E-state index contributed by atoms with van der Waals surface area (Å²) in [5.74, 6) is 0.752. The largest absolute Gasteiger partial charge is 0.486 e. The van der Waals surface area contributed by atoms with Crippen molar-refractivity contribution in [2.24, 2.45) is 0 Å². The van der Waals surface area contributed by atoms with Crippen LogP contribution in [0.25, 0.3) is 11.1 Å². The van der Waals surface area contributed by atoms with E-state index >= 15 is 0 Å². The summed E-state index contributed by atoms with van der Waals surface area (Å²) in [4.78, 5) is 4.14. The molecule has 1 heterocycles. The summed E-state index contributed by atoms with van der Waals surface area (Å²) in [5.41, 5.74) is 9.68. The zero-order chi connectivity index (χ0) is 17.6. The van der Waals surface area contributed by atoms with Crippen LogP contribution in [0.1, 0.15) is 25.0 Å². The highest BCUT2D eigenvalue weighted by atomic mass is 16.5. The van der Waals surface area contributed by atoms with Gasteiger partial charge in [0.05, 0.1) is 6.10 Å². The quantitative estimate of drug-likeness (QED) is 0.662. The van der Waals surface area contributed by atoms with Crippen molar-refractivity contribution in [1.82, 2.24) is 4.98 Å². The summed E-state index contributed by atoms with van der Waals surface area (Å²) < 4.78 is 6.10. The molecule has 0 amide bonds. The van der Waals surface area contributed by atoms with Crippen LogP contribution in [-0.4, -0.2) is 16.2 Å². The summed E-state index contributed by atoms with van der Waals surface area (Å²) >= 11 is 0. The van der Waals surface area contributed by atoms with E-state index < -0.39 is 6.10 Å². The maximum atomic E-state index is 9.77. The van der Waals surface area contributed by atoms with Crippen LogP contribution >= 0.6 is 0 Å². The number of pyridine rings is 1. The Morgan fingerprint density at radius 1 is 1.04 bits per heavy atom. The molecule has 0 aliphatic rings. The lowest BCUT2D eigenvalue weighted by Crippen LogP contribution is -2.14. The van der Waals surface area contributed by atoms with E-state index in [9.17, 15) is 5.11 Å². The summed E-state index contributed by atoms with van der Waals surface area (Å²) in [6.45, 7) is 1.76. The second kappa shape index (κ2) is 7.81. The van der Waals surface area contributed by atoms with Gasteiger partial charge in [-0.1, -0.05) is 30.3 Å². The molecule has 0 saturated carbocycles. The first-order valence-corrected chi connectivity index (χ1v) is 8.32. The SMILES string of the molecule is CC(O)CC(Oc1ccc(-c2cccc(N)c2)cc1)c1cccnc1. The van der Waals surface area contributed by atoms with Crippen molar-refractivity contribution >= 4 is 5.69 Å². The number of ether oxygens (including phenoxy) is 1. The van der Waals surface area contributed by atoms with Gasteiger partial charge < -0.3 is 15.6 Å². The third kappa shape index (κ3) is 4.58. The molecule has 0 radical (unpaired) electrons. The average Bonchev–Trinajstić information content (AvgIpc) is 2.62. The van der Waals surface area contributed by atoms with E-state index in [2.05, 4.69) is 4.98 Å². The van der Waals surface area contributed by atoms with Gasteiger partial charge in [0.15, 0.2) is 0 Å². The molecule has 3 aromatic rings. The third-order valence-corrected chi connectivity index (χ3v) is 3.96. The van der Waals surface area contributed by atoms with Crippen molar-refractivity contribution in [2.45, 2.75) is 25.6 Å². The van der Waals surface area contributed by atoms with Crippen LogP contribution in [0.5, 0.6) is 5.75 Å². The van der Waals surface area contributed by atoms with Gasteiger partial charge in [0, 0.05) is 30.1 Å². The molecule has 0 aliphatic heterocycles. The van der Waals surface area contributed by atoms with Gasteiger partial charge in [0.1, 0.15) is 11.9 Å². The predicted molar refractivity (Wildman–Crippen MR) is 100 cm³/mol. The zero-order valence-electron chi connectivity index (χ0n) is 14.2. The van der Waals surface area contributed by atoms with Gasteiger partial charge in [0.2, 0.25) is 0 Å². The number of aliphatic hydroxyl groups excluding tert-OH is 1. The lowest BCUT2D eigenvalue weighted by molar-refractivity contribution is 0.106. The van der Waals surface area contributed by atoms with E-state index in [-0.39, 0.29) is 6.10 Å². The maximum absolute atomic E-state index is 9.77. The highest BCUT2D eigenvalue weighted by Gasteiger charge is 2.16. The van der Waals surface area contributed by atoms with Gasteiger partial charge in [-0.3, -0.25) is 4.98 Å². The van der Waals surface area contributed by atoms with E-state index in [1.165, 1.54) is 0 Å². The van der Waals surface area contributed by atoms with Crippen LogP contribution in [0, 0.1) is 0 Å². The van der Waals surface area contributed by atoms with Crippen molar-refractivity contribution in [2.75, 3.05) is 5.73 Å². The Hall–Kier alpha value is -2.85. The molecule has 0 bridgehead atoms. The molecule has 0 saturated heterocycles. The van der Waals surface area contributed by atoms with Crippen LogP contribution in [0.4, 0.5) is 5.69 Å². The first-order valence-electron chi connectivity index (χ1n) is 8.32. The van der Waals surface area contributed by atoms with E-state index in [1.807, 2.05) is 60.7 Å². The Bertz CT molecular complexity index is 802. The Labute approximate surface area is 147 Å². The number of nitrogen functional groups attached to an aromatic ring is 1. The molecular formula is C21H22N2O2. The number of hydrogen-bond donors (Lipinski definition) is 2. The van der Waals surface area contributed by atoms with Crippen LogP contribution in [0.3, 0.4) is 0 Å².